The fraction of sp³-hybridized carbons (Fsp3) is 0. The average Bonchev–Trinajstić information content (AvgIpc) is 3.74. The molecule has 0 atom stereocenters. The Bertz CT molecular complexity index is 2840. The maximum atomic E-state index is 6.40. The molecule has 0 saturated carbocycles. The Kier molecular flexibility index (Phi) is 6.39. The highest BCUT2D eigenvalue weighted by Gasteiger charge is 2.20. The van der Waals surface area contributed by atoms with Gasteiger partial charge in [-0.3, -0.25) is 0 Å². The maximum Gasteiger partial charge on any atom is 0.137 e. The minimum Gasteiger partial charge on any atom is -0.456 e. The molecule has 230 valence electrons. The largest absolute Gasteiger partial charge is 0.456 e. The standard InChI is InChI=1S/C46H29NOS/c1-2-11-30(12-3-1)36-18-9-14-33-27-32(23-25-37(33)36)31-13-8-15-34(28-31)47(35-24-26-39-38-16-4-6-21-43(38)48-44(39)29-35)42-20-10-19-41-40-17-5-7-22-45(40)49-46(41)42/h1-29H. The van der Waals surface area contributed by atoms with E-state index in [0.717, 1.165) is 39.0 Å². The van der Waals surface area contributed by atoms with Crippen LogP contribution in [0.3, 0.4) is 0 Å². The Morgan fingerprint density at radius 3 is 2.04 bits per heavy atom. The number of thiophene rings is 1. The molecule has 0 bridgehead atoms. The van der Waals surface area contributed by atoms with Crippen molar-refractivity contribution < 1.29 is 4.42 Å². The molecule has 0 amide bonds. The van der Waals surface area contributed by atoms with Crippen molar-refractivity contribution in [3.05, 3.63) is 176 Å². The molecular weight excluding hydrogens is 615 g/mol. The summed E-state index contributed by atoms with van der Waals surface area (Å²) in [7, 11) is 0. The summed E-state index contributed by atoms with van der Waals surface area (Å²) in [4.78, 5) is 2.39. The van der Waals surface area contributed by atoms with Crippen LogP contribution in [0.15, 0.2) is 180 Å². The van der Waals surface area contributed by atoms with Gasteiger partial charge in [0.25, 0.3) is 0 Å². The molecule has 0 N–H and O–H groups in total. The molecule has 2 aromatic heterocycles. The van der Waals surface area contributed by atoms with Crippen LogP contribution in [0.25, 0.3) is 75.1 Å². The van der Waals surface area contributed by atoms with E-state index in [1.165, 1.54) is 53.2 Å². The predicted molar refractivity (Wildman–Crippen MR) is 210 cm³/mol. The first-order chi connectivity index (χ1) is 24.3. The van der Waals surface area contributed by atoms with Gasteiger partial charge in [0.15, 0.2) is 0 Å². The van der Waals surface area contributed by atoms with Crippen molar-refractivity contribution in [2.24, 2.45) is 0 Å². The third-order valence-corrected chi connectivity index (χ3v) is 10.9. The lowest BCUT2D eigenvalue weighted by atomic mass is 9.95. The Labute approximate surface area is 287 Å². The first-order valence-electron chi connectivity index (χ1n) is 16.6. The van der Waals surface area contributed by atoms with Gasteiger partial charge in [-0.1, -0.05) is 121 Å². The summed E-state index contributed by atoms with van der Waals surface area (Å²) in [5, 5.41) is 7.30. The van der Waals surface area contributed by atoms with Gasteiger partial charge < -0.3 is 9.32 Å². The molecule has 0 aliphatic rings. The summed E-state index contributed by atoms with van der Waals surface area (Å²) >= 11 is 1.85. The second kappa shape index (κ2) is 11.2. The van der Waals surface area contributed by atoms with Crippen molar-refractivity contribution in [2.45, 2.75) is 0 Å². The van der Waals surface area contributed by atoms with Gasteiger partial charge in [-0.05, 0) is 81.6 Å². The second-order valence-corrected chi connectivity index (χ2v) is 13.6. The summed E-state index contributed by atoms with van der Waals surface area (Å²) in [6.07, 6.45) is 0. The molecule has 0 saturated heterocycles. The van der Waals surface area contributed by atoms with Crippen LogP contribution in [-0.4, -0.2) is 0 Å². The Balaban J connectivity index is 1.16. The SMILES string of the molecule is c1ccc(-c2cccc3cc(-c4cccc(N(c5ccc6c(c5)oc5ccccc56)c5cccc6c5sc5ccccc56)c4)ccc23)cc1. The number of furan rings is 1. The molecular formula is C46H29NOS. The van der Waals surface area contributed by atoms with E-state index in [4.69, 9.17) is 4.42 Å². The van der Waals surface area contributed by atoms with Crippen LogP contribution in [-0.2, 0) is 0 Å². The van der Waals surface area contributed by atoms with E-state index < -0.39 is 0 Å². The Morgan fingerprint density at radius 1 is 0.408 bits per heavy atom. The van der Waals surface area contributed by atoms with Crippen LogP contribution in [0.2, 0.25) is 0 Å². The first-order valence-corrected chi connectivity index (χ1v) is 17.4. The van der Waals surface area contributed by atoms with Crippen LogP contribution in [0, 0.1) is 0 Å². The van der Waals surface area contributed by atoms with Crippen molar-refractivity contribution in [1.29, 1.82) is 0 Å². The molecule has 0 radical (unpaired) electrons. The topological polar surface area (TPSA) is 16.4 Å². The molecule has 2 nitrogen and oxygen atoms in total. The molecule has 8 aromatic carbocycles. The van der Waals surface area contributed by atoms with Crippen LogP contribution in [0.1, 0.15) is 0 Å². The molecule has 0 fully saturated rings. The van der Waals surface area contributed by atoms with E-state index in [2.05, 4.69) is 169 Å². The number of hydrogen-bond acceptors (Lipinski definition) is 3. The molecule has 2 heterocycles. The van der Waals surface area contributed by atoms with Crippen molar-refractivity contribution in [3.63, 3.8) is 0 Å². The zero-order valence-electron chi connectivity index (χ0n) is 26.5. The van der Waals surface area contributed by atoms with E-state index in [9.17, 15) is 0 Å². The lowest BCUT2D eigenvalue weighted by Crippen LogP contribution is -2.10. The maximum absolute atomic E-state index is 6.40. The zero-order valence-corrected chi connectivity index (χ0v) is 27.3. The molecule has 10 rings (SSSR count). The van der Waals surface area contributed by atoms with Crippen LogP contribution >= 0.6 is 11.3 Å². The molecule has 10 aromatic rings. The third kappa shape index (κ3) is 4.62. The fourth-order valence-electron chi connectivity index (χ4n) is 7.35. The van der Waals surface area contributed by atoms with E-state index in [-0.39, 0.29) is 0 Å². The van der Waals surface area contributed by atoms with Gasteiger partial charge in [-0.25, -0.2) is 0 Å². The second-order valence-electron chi connectivity index (χ2n) is 12.5. The Morgan fingerprint density at radius 2 is 1.10 bits per heavy atom. The number of fused-ring (bicyclic) bond motifs is 7. The van der Waals surface area contributed by atoms with Gasteiger partial charge >= 0.3 is 0 Å². The van der Waals surface area contributed by atoms with E-state index in [1.54, 1.807) is 0 Å². The summed E-state index contributed by atoms with van der Waals surface area (Å²) in [5.74, 6) is 0. The number of hydrogen-bond donors (Lipinski definition) is 0. The van der Waals surface area contributed by atoms with Crippen molar-refractivity contribution in [2.75, 3.05) is 4.90 Å². The number of anilines is 3. The van der Waals surface area contributed by atoms with E-state index in [0.29, 0.717) is 0 Å². The highest BCUT2D eigenvalue weighted by atomic mass is 32.1. The lowest BCUT2D eigenvalue weighted by molar-refractivity contribution is 0.669. The van der Waals surface area contributed by atoms with Crippen LogP contribution in [0.5, 0.6) is 0 Å². The Hall–Kier alpha value is -6.16. The molecule has 0 aliphatic heterocycles. The lowest BCUT2D eigenvalue weighted by Gasteiger charge is -2.26. The van der Waals surface area contributed by atoms with Crippen molar-refractivity contribution >= 4 is 81.3 Å². The van der Waals surface area contributed by atoms with Gasteiger partial charge in [0, 0.05) is 43.7 Å². The van der Waals surface area contributed by atoms with E-state index in [1.807, 2.05) is 23.5 Å². The van der Waals surface area contributed by atoms with Gasteiger partial charge in [0.2, 0.25) is 0 Å². The van der Waals surface area contributed by atoms with Gasteiger partial charge in [0.05, 0.1) is 10.4 Å². The normalized spacial score (nSPS) is 11.7. The van der Waals surface area contributed by atoms with Crippen molar-refractivity contribution in [3.8, 4) is 22.3 Å². The first kappa shape index (κ1) is 27.9. The van der Waals surface area contributed by atoms with E-state index >= 15 is 0 Å². The highest BCUT2D eigenvalue weighted by molar-refractivity contribution is 7.26. The van der Waals surface area contributed by atoms with Crippen LogP contribution in [0.4, 0.5) is 17.1 Å². The third-order valence-electron chi connectivity index (χ3n) is 9.65. The van der Waals surface area contributed by atoms with Crippen LogP contribution < -0.4 is 4.90 Å². The summed E-state index contributed by atoms with van der Waals surface area (Å²) < 4.78 is 8.95. The van der Waals surface area contributed by atoms with Gasteiger partial charge in [0.1, 0.15) is 11.2 Å². The molecule has 0 aliphatic carbocycles. The minimum atomic E-state index is 0.882. The number of rotatable bonds is 5. The quantitative estimate of drug-likeness (QED) is 0.186. The zero-order chi connectivity index (χ0) is 32.3. The summed E-state index contributed by atoms with van der Waals surface area (Å²) in [6, 6.07) is 63.2. The molecule has 0 unspecified atom stereocenters. The smallest absolute Gasteiger partial charge is 0.137 e. The highest BCUT2D eigenvalue weighted by Crippen LogP contribution is 2.46. The number of nitrogens with zero attached hydrogens (tertiary/aromatic N) is 1. The monoisotopic (exact) mass is 643 g/mol. The average molecular weight is 644 g/mol. The molecule has 3 heteroatoms. The molecule has 49 heavy (non-hydrogen) atoms. The number of benzene rings is 8. The van der Waals surface area contributed by atoms with Gasteiger partial charge in [-0.2, -0.15) is 0 Å². The molecule has 0 spiro atoms. The van der Waals surface area contributed by atoms with Crippen molar-refractivity contribution in [1.82, 2.24) is 0 Å². The number of para-hydroxylation sites is 1. The summed E-state index contributed by atoms with van der Waals surface area (Å²) in [6.45, 7) is 0. The van der Waals surface area contributed by atoms with Gasteiger partial charge in [-0.15, -0.1) is 11.3 Å². The fourth-order valence-corrected chi connectivity index (χ4v) is 8.55. The summed E-state index contributed by atoms with van der Waals surface area (Å²) in [5.41, 5.74) is 9.93. The minimum absolute atomic E-state index is 0.882. The predicted octanol–water partition coefficient (Wildman–Crippen LogP) is 13.9.